The number of carbonyl (C=O) groups excluding carboxylic acids is 1. The molecule has 0 heterocycles. The Morgan fingerprint density at radius 3 is 2.10 bits per heavy atom. The number of ether oxygens (including phenoxy) is 7. The normalized spacial score (nSPS) is 10.8. The van der Waals surface area contributed by atoms with E-state index in [1.807, 2.05) is 0 Å². The van der Waals surface area contributed by atoms with Crippen LogP contribution in [0.2, 0.25) is 0 Å². The molecule has 0 amide bonds. The number of carbonyl (C=O) groups is 1. The third kappa shape index (κ3) is 6.77. The van der Waals surface area contributed by atoms with Crippen molar-refractivity contribution in [1.29, 1.82) is 0 Å². The van der Waals surface area contributed by atoms with E-state index in [9.17, 15) is 4.79 Å². The quantitative estimate of drug-likeness (QED) is 0.278. The Morgan fingerprint density at radius 1 is 0.767 bits per heavy atom. The highest BCUT2D eigenvalue weighted by molar-refractivity contribution is 6.07. The second-order valence-corrected chi connectivity index (χ2v) is 5.92. The Bertz CT molecular complexity index is 847. The van der Waals surface area contributed by atoms with Crippen molar-refractivity contribution in [3.8, 4) is 23.0 Å². The highest BCUT2D eigenvalue weighted by atomic mass is 16.7. The molecule has 0 radical (unpaired) electrons. The monoisotopic (exact) mass is 418 g/mol. The van der Waals surface area contributed by atoms with E-state index in [1.54, 1.807) is 42.5 Å². The molecule has 2 aromatic carbocycles. The molecule has 0 aliphatic heterocycles. The number of hydrogen-bond donors (Lipinski definition) is 0. The lowest BCUT2D eigenvalue weighted by molar-refractivity contribution is 0.0459. The molecule has 0 saturated carbocycles. The van der Waals surface area contributed by atoms with Crippen LogP contribution >= 0.6 is 0 Å². The van der Waals surface area contributed by atoms with Crippen molar-refractivity contribution in [2.45, 2.75) is 0 Å². The van der Waals surface area contributed by atoms with Crippen LogP contribution in [0, 0.1) is 0 Å². The minimum absolute atomic E-state index is 0.0432. The first-order chi connectivity index (χ1) is 14.6. The van der Waals surface area contributed by atoms with Crippen LogP contribution in [0.4, 0.5) is 0 Å². The van der Waals surface area contributed by atoms with E-state index in [2.05, 4.69) is 0 Å². The molecular formula is C22H26O8. The number of methoxy groups -OCH3 is 4. The largest absolute Gasteiger partial charge is 0.493 e. The average Bonchev–Trinajstić information content (AvgIpc) is 2.78. The molecule has 0 unspecified atom stereocenters. The molecule has 8 heteroatoms. The van der Waals surface area contributed by atoms with Gasteiger partial charge in [-0.3, -0.25) is 4.79 Å². The van der Waals surface area contributed by atoms with Crippen molar-refractivity contribution in [2.24, 2.45) is 0 Å². The van der Waals surface area contributed by atoms with Crippen LogP contribution in [-0.4, -0.2) is 54.6 Å². The summed E-state index contributed by atoms with van der Waals surface area (Å²) in [6, 6.07) is 10.2. The summed E-state index contributed by atoms with van der Waals surface area (Å²) < 4.78 is 36.5. The Morgan fingerprint density at radius 2 is 1.43 bits per heavy atom. The van der Waals surface area contributed by atoms with Gasteiger partial charge in [-0.2, -0.15) is 0 Å². The first-order valence-corrected chi connectivity index (χ1v) is 9.02. The minimum atomic E-state index is -0.211. The molecule has 2 rings (SSSR count). The molecule has 0 atom stereocenters. The number of hydrogen-bond acceptors (Lipinski definition) is 8. The Balaban J connectivity index is 2.22. The van der Waals surface area contributed by atoms with Gasteiger partial charge >= 0.3 is 0 Å². The van der Waals surface area contributed by atoms with Gasteiger partial charge in [0.25, 0.3) is 0 Å². The molecule has 0 fully saturated rings. The molecule has 0 N–H and O–H groups in total. The van der Waals surface area contributed by atoms with Crippen LogP contribution in [0.15, 0.2) is 42.5 Å². The minimum Gasteiger partial charge on any atom is -0.493 e. The molecule has 0 aliphatic carbocycles. The first-order valence-electron chi connectivity index (χ1n) is 9.02. The van der Waals surface area contributed by atoms with Crippen LogP contribution in [0.3, 0.4) is 0 Å². The molecular weight excluding hydrogens is 392 g/mol. The smallest absolute Gasteiger partial charge is 0.188 e. The van der Waals surface area contributed by atoms with Gasteiger partial charge in [0, 0.05) is 38.5 Å². The fraction of sp³-hybridized carbons (Fsp3) is 0.318. The predicted molar refractivity (Wildman–Crippen MR) is 110 cm³/mol. The fourth-order valence-electron chi connectivity index (χ4n) is 2.44. The van der Waals surface area contributed by atoms with E-state index in [4.69, 9.17) is 33.2 Å². The third-order valence-electron chi connectivity index (χ3n) is 3.86. The van der Waals surface area contributed by atoms with Gasteiger partial charge < -0.3 is 33.2 Å². The van der Waals surface area contributed by atoms with Crippen molar-refractivity contribution < 1.29 is 38.0 Å². The first kappa shape index (κ1) is 23.2. The Kier molecular flexibility index (Phi) is 9.66. The summed E-state index contributed by atoms with van der Waals surface area (Å²) in [6.45, 7) is 0.213. The lowest BCUT2D eigenvalue weighted by Gasteiger charge is -2.11. The van der Waals surface area contributed by atoms with Gasteiger partial charge in [0.05, 0.1) is 7.11 Å². The number of benzene rings is 2. The summed E-state index contributed by atoms with van der Waals surface area (Å²) >= 11 is 0. The third-order valence-corrected chi connectivity index (χ3v) is 3.86. The van der Waals surface area contributed by atoms with Gasteiger partial charge in [-0.1, -0.05) is 0 Å². The number of rotatable bonds is 13. The van der Waals surface area contributed by atoms with Gasteiger partial charge in [-0.15, -0.1) is 0 Å². The lowest BCUT2D eigenvalue weighted by Crippen LogP contribution is -2.03. The summed E-state index contributed by atoms with van der Waals surface area (Å²) in [5.74, 6) is 1.80. The molecule has 0 aliphatic rings. The SMILES string of the molecule is COCOc1ccc(/C=C/C(=O)c2ccc(OC)c(OCOC)c2)c(OCOC)c1. The van der Waals surface area contributed by atoms with Crippen LogP contribution in [0.5, 0.6) is 23.0 Å². The average molecular weight is 418 g/mol. The van der Waals surface area contributed by atoms with Crippen molar-refractivity contribution in [2.75, 3.05) is 48.8 Å². The maximum Gasteiger partial charge on any atom is 0.188 e. The fourth-order valence-corrected chi connectivity index (χ4v) is 2.44. The van der Waals surface area contributed by atoms with E-state index in [-0.39, 0.29) is 26.2 Å². The van der Waals surface area contributed by atoms with E-state index in [1.165, 1.54) is 34.5 Å². The molecule has 162 valence electrons. The Labute approximate surface area is 175 Å². The van der Waals surface area contributed by atoms with Crippen LogP contribution in [0.1, 0.15) is 15.9 Å². The van der Waals surface area contributed by atoms with E-state index in [0.29, 0.717) is 34.1 Å². The zero-order valence-electron chi connectivity index (χ0n) is 17.5. The summed E-state index contributed by atoms with van der Waals surface area (Å²) in [5.41, 5.74) is 1.13. The molecule has 0 bridgehead atoms. The van der Waals surface area contributed by atoms with Crippen LogP contribution in [-0.2, 0) is 14.2 Å². The number of allylic oxidation sites excluding steroid dienone is 1. The van der Waals surface area contributed by atoms with E-state index in [0.717, 1.165) is 0 Å². The summed E-state index contributed by atoms with van der Waals surface area (Å²) in [4.78, 5) is 12.7. The molecule has 2 aromatic rings. The standard InChI is InChI=1S/C22H26O8/c1-24-13-28-18-8-5-16(21(12-18)29-14-25-2)6-9-19(23)17-7-10-20(27-4)22(11-17)30-15-26-3/h5-12H,13-15H2,1-4H3/b9-6+. The van der Waals surface area contributed by atoms with Crippen molar-refractivity contribution in [3.05, 3.63) is 53.6 Å². The maximum absolute atomic E-state index is 12.7. The van der Waals surface area contributed by atoms with Gasteiger partial charge in [-0.25, -0.2) is 0 Å². The van der Waals surface area contributed by atoms with Crippen molar-refractivity contribution in [3.63, 3.8) is 0 Å². The van der Waals surface area contributed by atoms with Crippen molar-refractivity contribution in [1.82, 2.24) is 0 Å². The second-order valence-electron chi connectivity index (χ2n) is 5.92. The van der Waals surface area contributed by atoms with E-state index < -0.39 is 0 Å². The van der Waals surface area contributed by atoms with Gasteiger partial charge in [0.2, 0.25) is 0 Å². The zero-order chi connectivity index (χ0) is 21.8. The van der Waals surface area contributed by atoms with E-state index >= 15 is 0 Å². The van der Waals surface area contributed by atoms with Gasteiger partial charge in [0.1, 0.15) is 11.5 Å². The molecule has 8 nitrogen and oxygen atoms in total. The highest BCUT2D eigenvalue weighted by Gasteiger charge is 2.11. The number of ketones is 1. The van der Waals surface area contributed by atoms with Crippen LogP contribution in [0.25, 0.3) is 6.08 Å². The highest BCUT2D eigenvalue weighted by Crippen LogP contribution is 2.29. The van der Waals surface area contributed by atoms with Gasteiger partial charge in [-0.05, 0) is 42.5 Å². The molecule has 30 heavy (non-hydrogen) atoms. The second kappa shape index (κ2) is 12.5. The van der Waals surface area contributed by atoms with Gasteiger partial charge in [0.15, 0.2) is 37.7 Å². The molecule has 0 spiro atoms. The van der Waals surface area contributed by atoms with Crippen LogP contribution < -0.4 is 18.9 Å². The summed E-state index contributed by atoms with van der Waals surface area (Å²) in [6.07, 6.45) is 3.11. The maximum atomic E-state index is 12.7. The summed E-state index contributed by atoms with van der Waals surface area (Å²) in [5, 5.41) is 0. The lowest BCUT2D eigenvalue weighted by atomic mass is 10.1. The van der Waals surface area contributed by atoms with Crippen molar-refractivity contribution >= 4 is 11.9 Å². The predicted octanol–water partition coefficient (Wildman–Crippen LogP) is 3.54. The summed E-state index contributed by atoms with van der Waals surface area (Å²) in [7, 11) is 6.10. The molecule has 0 saturated heterocycles. The topological polar surface area (TPSA) is 81.7 Å². The molecule has 0 aromatic heterocycles. The zero-order valence-corrected chi connectivity index (χ0v) is 17.5. The Hall–Kier alpha value is -3.07.